The number of aromatic nitrogens is 1. The third-order valence-corrected chi connectivity index (χ3v) is 11.7. The standard InChI is InChI=1S/C22H35NO2Si/c1-16-13-17-15-19-18(9-7-11-23-19)22(17,20(24)14-16)10-8-12-25-26(5,6)21(2,3)4/h7,9,11,16-17H,8,10,12-15H2,1-6H3/t16-,17+,22+/m1/s1. The van der Waals surface area contributed by atoms with Crippen molar-refractivity contribution in [3.63, 3.8) is 0 Å². The molecule has 1 aromatic heterocycles. The number of Topliss-reactive ketones (excluding diaryl/α,β-unsaturated/α-hetero) is 1. The number of carbonyl (C=O) groups excluding carboxylic acids is 1. The third-order valence-electron chi connectivity index (χ3n) is 7.21. The molecule has 1 fully saturated rings. The Hall–Kier alpha value is -1.00. The summed E-state index contributed by atoms with van der Waals surface area (Å²) in [5, 5.41) is 0.230. The fourth-order valence-electron chi connectivity index (χ4n) is 4.74. The number of nitrogens with zero attached hydrogens (tertiary/aromatic N) is 1. The Balaban J connectivity index is 1.76. The van der Waals surface area contributed by atoms with Crippen LogP contribution in [0.4, 0.5) is 0 Å². The summed E-state index contributed by atoms with van der Waals surface area (Å²) >= 11 is 0. The second-order valence-electron chi connectivity index (χ2n) is 10.1. The molecule has 0 radical (unpaired) electrons. The zero-order valence-corrected chi connectivity index (χ0v) is 18.4. The average molecular weight is 374 g/mol. The summed E-state index contributed by atoms with van der Waals surface area (Å²) in [5.41, 5.74) is 2.08. The van der Waals surface area contributed by atoms with Gasteiger partial charge < -0.3 is 4.43 Å². The van der Waals surface area contributed by atoms with Gasteiger partial charge in [-0.2, -0.15) is 0 Å². The highest BCUT2D eigenvalue weighted by atomic mass is 28.4. The van der Waals surface area contributed by atoms with Crippen molar-refractivity contribution in [2.45, 2.75) is 83.3 Å². The van der Waals surface area contributed by atoms with E-state index in [0.717, 1.165) is 38.0 Å². The van der Waals surface area contributed by atoms with Gasteiger partial charge in [-0.3, -0.25) is 9.78 Å². The van der Waals surface area contributed by atoms with E-state index in [1.165, 1.54) is 5.56 Å². The van der Waals surface area contributed by atoms with Gasteiger partial charge in [-0.25, -0.2) is 0 Å². The van der Waals surface area contributed by atoms with E-state index >= 15 is 0 Å². The number of fused-ring (bicyclic) bond motifs is 3. The molecule has 26 heavy (non-hydrogen) atoms. The minimum Gasteiger partial charge on any atom is -0.417 e. The molecule has 2 aliphatic carbocycles. The zero-order valence-electron chi connectivity index (χ0n) is 17.4. The Kier molecular flexibility index (Phi) is 5.21. The molecule has 0 saturated heterocycles. The van der Waals surface area contributed by atoms with E-state index in [4.69, 9.17) is 4.43 Å². The largest absolute Gasteiger partial charge is 0.417 e. The molecule has 0 amide bonds. The fourth-order valence-corrected chi connectivity index (χ4v) is 5.83. The molecule has 3 nitrogen and oxygen atoms in total. The molecule has 4 heteroatoms. The van der Waals surface area contributed by atoms with Gasteiger partial charge in [0.05, 0.1) is 5.41 Å². The second-order valence-corrected chi connectivity index (χ2v) is 14.9. The van der Waals surface area contributed by atoms with E-state index in [9.17, 15) is 4.79 Å². The van der Waals surface area contributed by atoms with Crippen LogP contribution in [0.2, 0.25) is 18.1 Å². The molecule has 2 aliphatic rings. The molecule has 0 spiro atoms. The molecule has 0 aliphatic heterocycles. The van der Waals surface area contributed by atoms with Gasteiger partial charge in [0.25, 0.3) is 0 Å². The van der Waals surface area contributed by atoms with Crippen LogP contribution < -0.4 is 0 Å². The van der Waals surface area contributed by atoms with E-state index in [2.05, 4.69) is 51.8 Å². The van der Waals surface area contributed by atoms with Crippen LogP contribution in [-0.2, 0) is 21.1 Å². The first-order valence-corrected chi connectivity index (χ1v) is 13.1. The first-order chi connectivity index (χ1) is 12.1. The number of hydrogen-bond donors (Lipinski definition) is 0. The molecular formula is C22H35NO2Si. The Morgan fingerprint density at radius 1 is 1.31 bits per heavy atom. The number of carbonyl (C=O) groups is 1. The highest BCUT2D eigenvalue weighted by molar-refractivity contribution is 6.74. The molecule has 1 heterocycles. The maximum atomic E-state index is 13.3. The summed E-state index contributed by atoms with van der Waals surface area (Å²) in [4.78, 5) is 17.9. The summed E-state index contributed by atoms with van der Waals surface area (Å²) in [5.74, 6) is 1.37. The van der Waals surface area contributed by atoms with Gasteiger partial charge in [-0.15, -0.1) is 0 Å². The van der Waals surface area contributed by atoms with E-state index in [-0.39, 0.29) is 10.5 Å². The topological polar surface area (TPSA) is 39.2 Å². The van der Waals surface area contributed by atoms with Crippen LogP contribution >= 0.6 is 0 Å². The number of ketones is 1. The minimum atomic E-state index is -1.72. The van der Waals surface area contributed by atoms with Crippen LogP contribution in [0, 0.1) is 11.8 Å². The Morgan fingerprint density at radius 2 is 2.04 bits per heavy atom. The van der Waals surface area contributed by atoms with Crippen LogP contribution in [0.5, 0.6) is 0 Å². The van der Waals surface area contributed by atoms with Crippen molar-refractivity contribution >= 4 is 14.1 Å². The molecule has 1 aromatic rings. The van der Waals surface area contributed by atoms with Gasteiger partial charge in [-0.1, -0.05) is 33.8 Å². The van der Waals surface area contributed by atoms with Crippen molar-refractivity contribution in [3.05, 3.63) is 29.6 Å². The zero-order chi connectivity index (χ0) is 19.2. The fraction of sp³-hybridized carbons (Fsp3) is 0.727. The number of rotatable bonds is 5. The predicted molar refractivity (Wildman–Crippen MR) is 109 cm³/mol. The van der Waals surface area contributed by atoms with E-state index < -0.39 is 8.32 Å². The van der Waals surface area contributed by atoms with E-state index in [1.54, 1.807) is 0 Å². The first-order valence-electron chi connectivity index (χ1n) is 10.2. The van der Waals surface area contributed by atoms with E-state index in [0.29, 0.717) is 24.0 Å². The molecule has 0 N–H and O–H groups in total. The summed E-state index contributed by atoms with van der Waals surface area (Å²) < 4.78 is 6.39. The summed E-state index contributed by atoms with van der Waals surface area (Å²) in [6.45, 7) is 14.4. The second kappa shape index (κ2) is 6.86. The highest BCUT2D eigenvalue weighted by Crippen LogP contribution is 2.53. The molecule has 0 aromatic carbocycles. The summed E-state index contributed by atoms with van der Waals surface area (Å²) in [6.07, 6.45) is 6.57. The summed E-state index contributed by atoms with van der Waals surface area (Å²) in [6, 6.07) is 4.16. The average Bonchev–Trinajstić information content (AvgIpc) is 2.85. The molecule has 144 valence electrons. The smallest absolute Gasteiger partial charge is 0.191 e. The van der Waals surface area contributed by atoms with Crippen LogP contribution in [0.25, 0.3) is 0 Å². The van der Waals surface area contributed by atoms with Crippen LogP contribution in [0.3, 0.4) is 0 Å². The molecule has 1 saturated carbocycles. The van der Waals surface area contributed by atoms with Gasteiger partial charge in [0.1, 0.15) is 5.78 Å². The monoisotopic (exact) mass is 373 g/mol. The molecule has 3 atom stereocenters. The van der Waals surface area contributed by atoms with Crippen molar-refractivity contribution in [2.24, 2.45) is 11.8 Å². The number of pyridine rings is 1. The molecule has 0 unspecified atom stereocenters. The van der Waals surface area contributed by atoms with Gasteiger partial charge in [0, 0.05) is 24.9 Å². The molecule has 0 bridgehead atoms. The Labute approximate surface area is 160 Å². The SMILES string of the molecule is C[C@H]1CC(=O)[C@]2(CCCO[Si](C)(C)C(C)(C)C)c3cccnc3C[C@@H]2C1. The molecular weight excluding hydrogens is 338 g/mol. The Morgan fingerprint density at radius 3 is 2.73 bits per heavy atom. The lowest BCUT2D eigenvalue weighted by Gasteiger charge is -2.41. The van der Waals surface area contributed by atoms with E-state index in [1.807, 2.05) is 12.3 Å². The van der Waals surface area contributed by atoms with Crippen molar-refractivity contribution in [2.75, 3.05) is 6.61 Å². The third kappa shape index (κ3) is 3.31. The quantitative estimate of drug-likeness (QED) is 0.520. The normalized spacial score (nSPS) is 28.8. The van der Waals surface area contributed by atoms with Gasteiger partial charge in [0.15, 0.2) is 8.32 Å². The maximum absolute atomic E-state index is 13.3. The van der Waals surface area contributed by atoms with Crippen LogP contribution in [0.1, 0.15) is 64.6 Å². The minimum absolute atomic E-state index is 0.230. The van der Waals surface area contributed by atoms with Crippen LogP contribution in [-0.4, -0.2) is 25.7 Å². The lowest BCUT2D eigenvalue weighted by molar-refractivity contribution is -0.130. The number of hydrogen-bond acceptors (Lipinski definition) is 3. The Bertz CT molecular complexity index is 679. The van der Waals surface area contributed by atoms with Gasteiger partial charge >= 0.3 is 0 Å². The predicted octanol–water partition coefficient (Wildman–Crippen LogP) is 5.29. The van der Waals surface area contributed by atoms with Gasteiger partial charge in [0.2, 0.25) is 0 Å². The lowest BCUT2D eigenvalue weighted by Crippen LogP contribution is -2.46. The van der Waals surface area contributed by atoms with Crippen molar-refractivity contribution in [1.29, 1.82) is 0 Å². The first kappa shape index (κ1) is 19.8. The highest BCUT2D eigenvalue weighted by Gasteiger charge is 2.54. The van der Waals surface area contributed by atoms with Crippen molar-refractivity contribution in [1.82, 2.24) is 4.98 Å². The van der Waals surface area contributed by atoms with Crippen LogP contribution in [0.15, 0.2) is 18.3 Å². The van der Waals surface area contributed by atoms with Gasteiger partial charge in [-0.05, 0) is 67.3 Å². The molecule has 3 rings (SSSR count). The van der Waals surface area contributed by atoms with Crippen molar-refractivity contribution < 1.29 is 9.22 Å². The lowest BCUT2D eigenvalue weighted by atomic mass is 9.61. The maximum Gasteiger partial charge on any atom is 0.191 e. The van der Waals surface area contributed by atoms with Crippen molar-refractivity contribution in [3.8, 4) is 0 Å². The summed E-state index contributed by atoms with van der Waals surface area (Å²) in [7, 11) is -1.72.